The Bertz CT molecular complexity index is 1020. The Labute approximate surface area is 390 Å². The Hall–Kier alpha value is -0.800. The van der Waals surface area contributed by atoms with Crippen molar-refractivity contribution in [3.8, 4) is 0 Å². The second-order valence-electron chi connectivity index (χ2n) is 19.0. The molecule has 1 amide bonds. The lowest BCUT2D eigenvalue weighted by molar-refractivity contribution is -0.124. The minimum absolute atomic E-state index is 0.0519. The first-order valence-electron chi connectivity index (χ1n) is 27.4. The molecule has 0 aromatic carbocycles. The van der Waals surface area contributed by atoms with E-state index in [9.17, 15) is 24.5 Å². The molecule has 4 atom stereocenters. The summed E-state index contributed by atoms with van der Waals surface area (Å²) in [6.07, 6.45) is 54.5. The van der Waals surface area contributed by atoms with Gasteiger partial charge in [0.05, 0.1) is 37.9 Å². The van der Waals surface area contributed by atoms with Gasteiger partial charge in [0.15, 0.2) is 0 Å². The molecular weight excluding hydrogens is 808 g/mol. The Morgan fingerprint density at radius 2 is 0.873 bits per heavy atom. The summed E-state index contributed by atoms with van der Waals surface area (Å²) >= 11 is 0. The molecule has 4 unspecified atom stereocenters. The fourth-order valence-electron chi connectivity index (χ4n) is 8.53. The molecule has 0 bridgehead atoms. The average molecular weight is 915 g/mol. The van der Waals surface area contributed by atoms with Crippen LogP contribution in [-0.2, 0) is 18.4 Å². The van der Waals surface area contributed by atoms with E-state index in [4.69, 9.17) is 14.8 Å². The number of rotatable bonds is 52. The van der Waals surface area contributed by atoms with Crippen molar-refractivity contribution >= 4 is 13.7 Å². The van der Waals surface area contributed by atoms with Crippen LogP contribution in [0.2, 0.25) is 0 Å². The maximum Gasteiger partial charge on any atom is 0.472 e. The third-order valence-electron chi connectivity index (χ3n) is 12.7. The van der Waals surface area contributed by atoms with Crippen molar-refractivity contribution in [3.05, 3.63) is 12.2 Å². The fraction of sp³-hybridized carbons (Fsp3) is 0.943. The third kappa shape index (κ3) is 47.5. The van der Waals surface area contributed by atoms with Gasteiger partial charge in [0.25, 0.3) is 0 Å². The van der Waals surface area contributed by atoms with Gasteiger partial charge in [0.2, 0.25) is 5.91 Å². The first-order valence-corrected chi connectivity index (χ1v) is 28.9. The van der Waals surface area contributed by atoms with Gasteiger partial charge in [-0.15, -0.1) is 0 Å². The molecule has 0 aromatic rings. The monoisotopic (exact) mass is 915 g/mol. The van der Waals surface area contributed by atoms with Gasteiger partial charge in [-0.25, -0.2) is 4.57 Å². The van der Waals surface area contributed by atoms with E-state index in [0.29, 0.717) is 6.42 Å². The number of carbonyl (C=O) groups is 1. The molecule has 0 radical (unpaired) electrons. The van der Waals surface area contributed by atoms with E-state index in [2.05, 4.69) is 19.2 Å². The van der Waals surface area contributed by atoms with E-state index >= 15 is 0 Å². The number of nitrogens with one attached hydrogen (secondary N) is 1. The predicted molar refractivity (Wildman–Crippen MR) is 269 cm³/mol. The normalized spacial score (nSPS) is 14.3. The maximum atomic E-state index is 12.9. The highest BCUT2D eigenvalue weighted by molar-refractivity contribution is 7.47. The second-order valence-corrected chi connectivity index (χ2v) is 20.4. The summed E-state index contributed by atoms with van der Waals surface area (Å²) in [5.74, 6) is -0.439. The average Bonchev–Trinajstić information content (AvgIpc) is 3.26. The van der Waals surface area contributed by atoms with Gasteiger partial charge in [-0.3, -0.25) is 13.8 Å². The van der Waals surface area contributed by atoms with Crippen LogP contribution >= 0.6 is 7.82 Å². The minimum Gasteiger partial charge on any atom is -0.393 e. The van der Waals surface area contributed by atoms with Gasteiger partial charge < -0.3 is 26.2 Å². The molecule has 0 aliphatic carbocycles. The number of phosphoric ester groups is 1. The SMILES string of the molecule is CCCCCCCCCCCCCCCCCCCC/C=C/C(O)C(COP(=O)(O)OCCN)NC(=O)CC(O)CCCCCCCCCCCCCCCCCCCCCCC. The minimum atomic E-state index is -4.40. The molecule has 63 heavy (non-hydrogen) atoms. The van der Waals surface area contributed by atoms with Gasteiger partial charge in [-0.1, -0.05) is 270 Å². The molecule has 0 fully saturated rings. The zero-order valence-corrected chi connectivity index (χ0v) is 42.6. The number of nitrogens with two attached hydrogens (primary N) is 1. The van der Waals surface area contributed by atoms with Crippen LogP contribution in [-0.4, -0.2) is 59.0 Å². The summed E-state index contributed by atoms with van der Waals surface area (Å²) in [6.45, 7) is 4.03. The van der Waals surface area contributed by atoms with Crippen molar-refractivity contribution in [2.45, 2.75) is 302 Å². The lowest BCUT2D eigenvalue weighted by Gasteiger charge is -2.24. The number of allylic oxidation sites excluding steroid dienone is 1. The van der Waals surface area contributed by atoms with E-state index < -0.39 is 38.6 Å². The number of unbranched alkanes of at least 4 members (excludes halogenated alkanes) is 38. The summed E-state index contributed by atoms with van der Waals surface area (Å²) < 4.78 is 22.2. The molecule has 6 N–H and O–H groups in total. The first-order chi connectivity index (χ1) is 30.8. The number of carbonyl (C=O) groups excluding carboxylic acids is 1. The maximum absolute atomic E-state index is 12.9. The van der Waals surface area contributed by atoms with Crippen LogP contribution in [0.5, 0.6) is 0 Å². The van der Waals surface area contributed by atoms with Crippen molar-refractivity contribution in [1.82, 2.24) is 5.32 Å². The van der Waals surface area contributed by atoms with Gasteiger partial charge in [0, 0.05) is 6.54 Å². The van der Waals surface area contributed by atoms with Crippen LogP contribution < -0.4 is 11.1 Å². The molecule has 0 spiro atoms. The quantitative estimate of drug-likeness (QED) is 0.0230. The Morgan fingerprint density at radius 3 is 1.22 bits per heavy atom. The van der Waals surface area contributed by atoms with Gasteiger partial charge >= 0.3 is 7.82 Å². The predicted octanol–water partition coefficient (Wildman–Crippen LogP) is 15.3. The summed E-state index contributed by atoms with van der Waals surface area (Å²) in [5.41, 5.74) is 5.39. The van der Waals surface area contributed by atoms with Crippen molar-refractivity contribution < 1.29 is 33.5 Å². The summed E-state index contributed by atoms with van der Waals surface area (Å²) in [5, 5.41) is 24.2. The number of hydrogen-bond donors (Lipinski definition) is 5. The van der Waals surface area contributed by atoms with Crippen LogP contribution in [0.3, 0.4) is 0 Å². The highest BCUT2D eigenvalue weighted by atomic mass is 31.2. The Kier molecular flexibility index (Phi) is 48.5. The van der Waals surface area contributed by atoms with Crippen molar-refractivity contribution in [2.24, 2.45) is 5.73 Å². The number of hydrogen-bond acceptors (Lipinski definition) is 7. The van der Waals surface area contributed by atoms with Crippen LogP contribution in [0.4, 0.5) is 0 Å². The highest BCUT2D eigenvalue weighted by Gasteiger charge is 2.27. The summed E-state index contributed by atoms with van der Waals surface area (Å²) in [6, 6.07) is -0.979. The Balaban J connectivity index is 4.12. The fourth-order valence-corrected chi connectivity index (χ4v) is 9.29. The van der Waals surface area contributed by atoms with E-state index in [1.807, 2.05) is 6.08 Å². The number of aliphatic hydroxyl groups excluding tert-OH is 2. The molecule has 0 aliphatic rings. The van der Waals surface area contributed by atoms with Gasteiger partial charge in [-0.05, 0) is 19.3 Å². The molecule has 0 saturated carbocycles. The summed E-state index contributed by atoms with van der Waals surface area (Å²) in [4.78, 5) is 22.9. The van der Waals surface area contributed by atoms with Crippen molar-refractivity contribution in [1.29, 1.82) is 0 Å². The largest absolute Gasteiger partial charge is 0.472 e. The van der Waals surface area contributed by atoms with E-state index in [1.165, 1.54) is 218 Å². The molecule has 0 rings (SSSR count). The zero-order valence-electron chi connectivity index (χ0n) is 41.7. The molecule has 0 saturated heterocycles. The standard InChI is InChI=1S/C53H107N2O7P/c1-3-5-7-9-11-13-15-17-19-21-23-25-26-28-30-32-34-36-38-40-42-44-50(56)48-53(58)55-51(49-62-63(59,60)61-47-46-54)52(57)45-43-41-39-37-35-33-31-29-27-24-22-20-18-16-14-12-10-8-6-4-2/h43,45,50-52,56-57H,3-42,44,46-49,54H2,1-2H3,(H,55,58)(H,59,60)/b45-43+. The van der Waals surface area contributed by atoms with Crippen molar-refractivity contribution in [2.75, 3.05) is 19.8 Å². The Morgan fingerprint density at radius 1 is 0.540 bits per heavy atom. The van der Waals surface area contributed by atoms with Gasteiger partial charge in [-0.2, -0.15) is 0 Å². The lowest BCUT2D eigenvalue weighted by atomic mass is 10.0. The smallest absolute Gasteiger partial charge is 0.393 e. The lowest BCUT2D eigenvalue weighted by Crippen LogP contribution is -2.46. The zero-order chi connectivity index (χ0) is 46.2. The van der Waals surface area contributed by atoms with Crippen LogP contribution in [0.1, 0.15) is 284 Å². The third-order valence-corrected chi connectivity index (χ3v) is 13.7. The topological polar surface area (TPSA) is 151 Å². The first kappa shape index (κ1) is 62.2. The van der Waals surface area contributed by atoms with Crippen LogP contribution in [0.15, 0.2) is 12.2 Å². The molecule has 10 heteroatoms. The molecule has 0 aliphatic heterocycles. The molecule has 0 aromatic heterocycles. The van der Waals surface area contributed by atoms with Gasteiger partial charge in [0.1, 0.15) is 0 Å². The molecule has 0 heterocycles. The van der Waals surface area contributed by atoms with Crippen molar-refractivity contribution in [3.63, 3.8) is 0 Å². The molecular formula is C53H107N2O7P. The van der Waals surface area contributed by atoms with E-state index in [1.54, 1.807) is 6.08 Å². The van der Waals surface area contributed by atoms with Crippen LogP contribution in [0.25, 0.3) is 0 Å². The van der Waals surface area contributed by atoms with Crippen LogP contribution in [0, 0.1) is 0 Å². The number of amides is 1. The highest BCUT2D eigenvalue weighted by Crippen LogP contribution is 2.43. The van der Waals surface area contributed by atoms with E-state index in [0.717, 1.165) is 38.5 Å². The molecule has 9 nitrogen and oxygen atoms in total. The number of aliphatic hydroxyl groups is 2. The summed E-state index contributed by atoms with van der Waals surface area (Å²) in [7, 11) is -4.40. The second kappa shape index (κ2) is 49.1. The number of phosphoric acid groups is 1. The molecule has 376 valence electrons. The van der Waals surface area contributed by atoms with E-state index in [-0.39, 0.29) is 19.6 Å².